The molecule has 8 heteroatoms. The molecule has 0 unspecified atom stereocenters. The molecule has 0 bridgehead atoms. The number of amides is 1. The molecule has 0 atom stereocenters. The molecule has 8 nitrogen and oxygen atoms in total. The fraction of sp³-hybridized carbons (Fsp3) is 0.290. The fourth-order valence-electron chi connectivity index (χ4n) is 4.90. The van der Waals surface area contributed by atoms with Crippen molar-refractivity contribution in [2.45, 2.75) is 45.1 Å². The van der Waals surface area contributed by atoms with E-state index in [1.54, 1.807) is 24.5 Å². The van der Waals surface area contributed by atoms with Crippen molar-refractivity contribution < 1.29 is 4.79 Å². The number of hydrogen-bond donors (Lipinski definition) is 2. The summed E-state index contributed by atoms with van der Waals surface area (Å²) in [4.78, 5) is 28.1. The van der Waals surface area contributed by atoms with Gasteiger partial charge in [-0.1, -0.05) is 36.4 Å². The number of nitrogens with one attached hydrogen (secondary N) is 2. The summed E-state index contributed by atoms with van der Waals surface area (Å²) >= 11 is 0. The van der Waals surface area contributed by atoms with Gasteiger partial charge in [-0.25, -0.2) is 5.01 Å². The minimum absolute atomic E-state index is 0.110. The number of nitrogens with zero attached hydrogens (tertiary/aromatic N) is 5. The van der Waals surface area contributed by atoms with Crippen molar-refractivity contribution in [1.82, 2.24) is 35.6 Å². The third-order valence-electron chi connectivity index (χ3n) is 7.03. The van der Waals surface area contributed by atoms with Crippen LogP contribution in [0.5, 0.6) is 0 Å². The largest absolute Gasteiger partial charge is 0.307 e. The van der Waals surface area contributed by atoms with E-state index in [1.165, 1.54) is 11.1 Å². The van der Waals surface area contributed by atoms with Crippen LogP contribution in [-0.2, 0) is 26.2 Å². The van der Waals surface area contributed by atoms with Crippen molar-refractivity contribution in [1.29, 1.82) is 0 Å². The van der Waals surface area contributed by atoms with Gasteiger partial charge in [-0.15, -0.1) is 0 Å². The Kier molecular flexibility index (Phi) is 9.36. The van der Waals surface area contributed by atoms with Crippen molar-refractivity contribution in [2.75, 3.05) is 13.1 Å². The van der Waals surface area contributed by atoms with Gasteiger partial charge < -0.3 is 5.32 Å². The molecule has 1 aromatic carbocycles. The van der Waals surface area contributed by atoms with Crippen LogP contribution < -0.4 is 10.7 Å². The van der Waals surface area contributed by atoms with E-state index in [4.69, 9.17) is 0 Å². The number of hydrazine groups is 1. The number of pyridine rings is 3. The lowest BCUT2D eigenvalue weighted by Crippen LogP contribution is -2.51. The standard InChI is InChI=1S/C31H35N7O/c39-31(27-6-5-15-32-21-27)36-38-18-13-30(14-19-38)37(24-29-8-2-4-17-35-29)23-26-11-9-25(10-12-26)20-33-22-28-7-1-3-16-34-28/h1-12,15-17,21,30,33H,13-14,18-20,22-24H2,(H,36,39). The number of aromatic nitrogens is 3. The van der Waals surface area contributed by atoms with Crippen molar-refractivity contribution in [3.8, 4) is 0 Å². The summed E-state index contributed by atoms with van der Waals surface area (Å²) in [6.07, 6.45) is 8.89. The molecule has 1 saturated heterocycles. The van der Waals surface area contributed by atoms with Crippen LogP contribution in [0.2, 0.25) is 0 Å². The predicted molar refractivity (Wildman–Crippen MR) is 151 cm³/mol. The normalized spacial score (nSPS) is 14.4. The molecule has 5 rings (SSSR count). The molecule has 1 fully saturated rings. The molecule has 1 amide bonds. The highest BCUT2D eigenvalue weighted by molar-refractivity contribution is 5.93. The van der Waals surface area contributed by atoms with E-state index in [1.807, 2.05) is 47.7 Å². The minimum atomic E-state index is -0.110. The zero-order chi connectivity index (χ0) is 26.7. The maximum atomic E-state index is 12.6. The first-order valence-electron chi connectivity index (χ1n) is 13.5. The number of rotatable bonds is 11. The summed E-state index contributed by atoms with van der Waals surface area (Å²) < 4.78 is 0. The van der Waals surface area contributed by atoms with Gasteiger partial charge in [0.2, 0.25) is 0 Å². The summed E-state index contributed by atoms with van der Waals surface area (Å²) in [5, 5.41) is 5.50. The Bertz CT molecular complexity index is 1280. The molecule has 0 spiro atoms. The van der Waals surface area contributed by atoms with Crippen LogP contribution in [0.25, 0.3) is 0 Å². The summed E-state index contributed by atoms with van der Waals surface area (Å²) in [5.74, 6) is -0.110. The number of benzene rings is 1. The lowest BCUT2D eigenvalue weighted by molar-refractivity contribution is 0.0548. The van der Waals surface area contributed by atoms with Gasteiger partial charge in [0, 0.05) is 70.1 Å². The monoisotopic (exact) mass is 521 g/mol. The van der Waals surface area contributed by atoms with E-state index in [0.29, 0.717) is 11.6 Å². The number of carbonyl (C=O) groups excluding carboxylic acids is 1. The Balaban J connectivity index is 1.17. The summed E-state index contributed by atoms with van der Waals surface area (Å²) in [7, 11) is 0. The van der Waals surface area contributed by atoms with Crippen LogP contribution in [0.3, 0.4) is 0 Å². The van der Waals surface area contributed by atoms with Crippen LogP contribution in [-0.4, -0.2) is 49.9 Å². The second-order valence-corrected chi connectivity index (χ2v) is 9.87. The van der Waals surface area contributed by atoms with Crippen LogP contribution in [0, 0.1) is 0 Å². The average Bonchev–Trinajstić information content (AvgIpc) is 3.00. The second kappa shape index (κ2) is 13.7. The Labute approximate surface area is 230 Å². The molecule has 4 heterocycles. The number of carbonyl (C=O) groups is 1. The third-order valence-corrected chi connectivity index (χ3v) is 7.03. The van der Waals surface area contributed by atoms with E-state index < -0.39 is 0 Å². The first kappa shape index (κ1) is 26.6. The van der Waals surface area contributed by atoms with Crippen LogP contribution in [0.15, 0.2) is 97.6 Å². The van der Waals surface area contributed by atoms with E-state index in [2.05, 4.69) is 60.9 Å². The third kappa shape index (κ3) is 8.00. The Morgan fingerprint density at radius 2 is 1.51 bits per heavy atom. The van der Waals surface area contributed by atoms with Gasteiger partial charge in [0.05, 0.1) is 17.0 Å². The minimum Gasteiger partial charge on any atom is -0.307 e. The summed E-state index contributed by atoms with van der Waals surface area (Å²) in [6, 6.07) is 24.9. The molecule has 1 aliphatic rings. The van der Waals surface area contributed by atoms with Crippen molar-refractivity contribution >= 4 is 5.91 Å². The highest BCUT2D eigenvalue weighted by atomic mass is 16.2. The topological polar surface area (TPSA) is 86.3 Å². The highest BCUT2D eigenvalue weighted by Gasteiger charge is 2.26. The van der Waals surface area contributed by atoms with Gasteiger partial charge in [0.15, 0.2) is 0 Å². The molecular weight excluding hydrogens is 486 g/mol. The number of hydrogen-bond acceptors (Lipinski definition) is 7. The Morgan fingerprint density at radius 3 is 2.18 bits per heavy atom. The second-order valence-electron chi connectivity index (χ2n) is 9.87. The fourth-order valence-corrected chi connectivity index (χ4v) is 4.90. The highest BCUT2D eigenvalue weighted by Crippen LogP contribution is 2.21. The lowest BCUT2D eigenvalue weighted by atomic mass is 10.0. The van der Waals surface area contributed by atoms with E-state index in [0.717, 1.165) is 63.5 Å². The predicted octanol–water partition coefficient (Wildman–Crippen LogP) is 3.97. The van der Waals surface area contributed by atoms with Gasteiger partial charge in [-0.05, 0) is 60.4 Å². The molecule has 0 aliphatic carbocycles. The van der Waals surface area contributed by atoms with Crippen molar-refractivity contribution in [3.63, 3.8) is 0 Å². The van der Waals surface area contributed by atoms with Crippen LogP contribution in [0.1, 0.15) is 45.7 Å². The van der Waals surface area contributed by atoms with E-state index in [-0.39, 0.29) is 5.91 Å². The van der Waals surface area contributed by atoms with Crippen molar-refractivity contribution in [3.05, 3.63) is 126 Å². The SMILES string of the molecule is O=C(NN1CCC(N(Cc2ccc(CNCc3ccccn3)cc2)Cc2ccccn2)CC1)c1cccnc1. The molecule has 3 aromatic heterocycles. The first-order chi connectivity index (χ1) is 19.2. The van der Waals surface area contributed by atoms with Gasteiger partial charge >= 0.3 is 0 Å². The Morgan fingerprint density at radius 1 is 0.795 bits per heavy atom. The molecule has 4 aromatic rings. The molecule has 0 saturated carbocycles. The average molecular weight is 522 g/mol. The molecule has 0 radical (unpaired) electrons. The van der Waals surface area contributed by atoms with Gasteiger partial charge in [0.1, 0.15) is 0 Å². The zero-order valence-electron chi connectivity index (χ0n) is 22.1. The van der Waals surface area contributed by atoms with E-state index >= 15 is 0 Å². The maximum Gasteiger partial charge on any atom is 0.267 e. The molecule has 200 valence electrons. The summed E-state index contributed by atoms with van der Waals surface area (Å²) in [5.41, 5.74) is 8.27. The van der Waals surface area contributed by atoms with Crippen molar-refractivity contribution in [2.24, 2.45) is 0 Å². The van der Waals surface area contributed by atoms with Crippen LogP contribution >= 0.6 is 0 Å². The van der Waals surface area contributed by atoms with Gasteiger partial charge in [0.25, 0.3) is 5.91 Å². The molecule has 2 N–H and O–H groups in total. The van der Waals surface area contributed by atoms with Crippen LogP contribution in [0.4, 0.5) is 0 Å². The zero-order valence-corrected chi connectivity index (χ0v) is 22.1. The lowest BCUT2D eigenvalue weighted by Gasteiger charge is -2.38. The quantitative estimate of drug-likeness (QED) is 0.309. The molecular formula is C31H35N7O. The molecule has 39 heavy (non-hydrogen) atoms. The Hall–Kier alpha value is -3.98. The van der Waals surface area contributed by atoms with E-state index in [9.17, 15) is 4.79 Å². The van der Waals surface area contributed by atoms with Gasteiger partial charge in [-0.2, -0.15) is 0 Å². The smallest absolute Gasteiger partial charge is 0.267 e. The molecule has 1 aliphatic heterocycles. The maximum absolute atomic E-state index is 12.6. The van der Waals surface area contributed by atoms with Gasteiger partial charge in [-0.3, -0.25) is 30.1 Å². The number of piperidine rings is 1. The summed E-state index contributed by atoms with van der Waals surface area (Å²) in [6.45, 7) is 4.80. The first-order valence-corrected chi connectivity index (χ1v) is 13.5.